The Balaban J connectivity index is 1.08. The van der Waals surface area contributed by atoms with Crippen molar-refractivity contribution in [3.8, 4) is 55.6 Å². The van der Waals surface area contributed by atoms with Gasteiger partial charge >= 0.3 is 0 Å². The lowest BCUT2D eigenvalue weighted by Gasteiger charge is -2.34. The first-order valence-corrected chi connectivity index (χ1v) is 21.8. The molecule has 0 amide bonds. The second-order valence-corrected chi connectivity index (χ2v) is 16.2. The maximum absolute atomic E-state index is 9.96. The van der Waals surface area contributed by atoms with Gasteiger partial charge in [0.05, 0.1) is 28.9 Å². The standard InChI is InChI=1S/C65H45N/c1-4-16-46(17-5-1)48-30-32-49(33-31-48)50-36-40-58(41-37-50)66(59-42-38-51(39-43-59)53-20-14-21-54(44-53)55-35-34-47-18-10-11-19-52(47)45-55)63-29-15-28-62-64(63)60-26-12-13-27-61(60)65(62,56-22-6-2-7-23-56)57-24-8-3-9-25-57/h1-45H/i1D,4D,5D,16D,17D,30D,31D,32D,33D,36D,37D,40D,41D. The van der Waals surface area contributed by atoms with Gasteiger partial charge in [-0.3, -0.25) is 0 Å². The average Bonchev–Trinajstić information content (AvgIpc) is 3.94. The summed E-state index contributed by atoms with van der Waals surface area (Å²) in [5.41, 5.74) is 7.48. The molecule has 11 aromatic rings. The fraction of sp³-hybridized carbons (Fsp3) is 0.0154. The molecule has 1 nitrogen and oxygen atoms in total. The van der Waals surface area contributed by atoms with Crippen molar-refractivity contribution in [2.45, 2.75) is 5.41 Å². The van der Waals surface area contributed by atoms with Crippen LogP contribution < -0.4 is 4.90 Å². The normalized spacial score (nSPS) is 15.1. The van der Waals surface area contributed by atoms with E-state index in [1.54, 1.807) is 4.90 Å². The minimum atomic E-state index is -0.840. The van der Waals surface area contributed by atoms with Crippen LogP contribution in [0.25, 0.3) is 66.4 Å². The Labute approximate surface area is 405 Å². The van der Waals surface area contributed by atoms with E-state index in [-0.39, 0.29) is 5.69 Å². The highest BCUT2D eigenvalue weighted by atomic mass is 15.1. The van der Waals surface area contributed by atoms with Crippen LogP contribution in [0.15, 0.2) is 273 Å². The third-order valence-electron chi connectivity index (χ3n) is 12.6. The topological polar surface area (TPSA) is 3.24 Å². The van der Waals surface area contributed by atoms with Gasteiger partial charge in [-0.15, -0.1) is 0 Å². The Kier molecular flexibility index (Phi) is 6.93. The summed E-state index contributed by atoms with van der Waals surface area (Å²) in [6.07, 6.45) is 0. The van der Waals surface area contributed by atoms with Crippen LogP contribution in [-0.4, -0.2) is 0 Å². The van der Waals surface area contributed by atoms with Crippen LogP contribution in [0.3, 0.4) is 0 Å². The van der Waals surface area contributed by atoms with Gasteiger partial charge in [0.25, 0.3) is 0 Å². The van der Waals surface area contributed by atoms with Gasteiger partial charge in [-0.1, -0.05) is 230 Å². The molecule has 0 fully saturated rings. The van der Waals surface area contributed by atoms with E-state index in [9.17, 15) is 8.22 Å². The minimum absolute atomic E-state index is 0.140. The molecule has 0 radical (unpaired) electrons. The van der Waals surface area contributed by atoms with E-state index < -0.39 is 106 Å². The summed E-state index contributed by atoms with van der Waals surface area (Å²) in [6.45, 7) is 0. The number of hydrogen-bond donors (Lipinski definition) is 0. The lowest BCUT2D eigenvalue weighted by molar-refractivity contribution is 0.768. The van der Waals surface area contributed by atoms with E-state index in [1.165, 1.54) is 0 Å². The van der Waals surface area contributed by atoms with E-state index in [0.717, 1.165) is 66.4 Å². The zero-order valence-electron chi connectivity index (χ0n) is 48.4. The van der Waals surface area contributed by atoms with Crippen LogP contribution >= 0.6 is 0 Å². The van der Waals surface area contributed by atoms with E-state index in [2.05, 4.69) is 84.9 Å². The molecule has 0 heterocycles. The van der Waals surface area contributed by atoms with Crippen molar-refractivity contribution >= 4 is 27.8 Å². The molecular formula is C65H45N. The highest BCUT2D eigenvalue weighted by molar-refractivity contribution is 5.98. The first-order chi connectivity index (χ1) is 38.1. The lowest BCUT2D eigenvalue weighted by atomic mass is 9.68. The molecule has 0 aliphatic heterocycles. The molecule has 0 saturated carbocycles. The van der Waals surface area contributed by atoms with Crippen molar-refractivity contribution in [2.24, 2.45) is 0 Å². The molecule has 0 N–H and O–H groups in total. The summed E-state index contributed by atoms with van der Waals surface area (Å²) in [4.78, 5) is 1.73. The van der Waals surface area contributed by atoms with E-state index in [0.29, 0.717) is 11.4 Å². The molecule has 0 unspecified atom stereocenters. The van der Waals surface area contributed by atoms with Crippen molar-refractivity contribution in [3.63, 3.8) is 0 Å². The van der Waals surface area contributed by atoms with E-state index in [4.69, 9.17) is 9.60 Å². The number of hydrogen-bond acceptors (Lipinski definition) is 1. The van der Waals surface area contributed by atoms with Crippen LogP contribution in [0.2, 0.25) is 0 Å². The fourth-order valence-corrected chi connectivity index (χ4v) is 9.58. The highest BCUT2D eigenvalue weighted by Gasteiger charge is 2.47. The molecule has 1 aliphatic rings. The summed E-state index contributed by atoms with van der Waals surface area (Å²) in [5.74, 6) is 0. The van der Waals surface area contributed by atoms with Crippen molar-refractivity contribution in [2.75, 3.05) is 4.90 Å². The summed E-state index contributed by atoms with van der Waals surface area (Å²) in [6, 6.07) is 56.1. The van der Waals surface area contributed by atoms with Crippen molar-refractivity contribution in [3.05, 3.63) is 295 Å². The Hall–Kier alpha value is -8.52. The molecule has 66 heavy (non-hydrogen) atoms. The Morgan fingerprint density at radius 1 is 0.318 bits per heavy atom. The third-order valence-corrected chi connectivity index (χ3v) is 12.6. The molecule has 0 aromatic heterocycles. The van der Waals surface area contributed by atoms with Crippen molar-refractivity contribution in [1.29, 1.82) is 0 Å². The predicted molar refractivity (Wildman–Crippen MR) is 278 cm³/mol. The molecule has 12 rings (SSSR count). The van der Waals surface area contributed by atoms with Crippen LogP contribution in [-0.2, 0) is 5.41 Å². The quantitative estimate of drug-likeness (QED) is 0.140. The Bertz CT molecular complexity index is 4170. The first kappa shape index (κ1) is 27.6. The monoisotopic (exact) mass is 852 g/mol. The highest BCUT2D eigenvalue weighted by Crippen LogP contribution is 2.59. The molecule has 0 saturated heterocycles. The molecule has 310 valence electrons. The van der Waals surface area contributed by atoms with Gasteiger partial charge in [-0.25, -0.2) is 0 Å². The van der Waals surface area contributed by atoms with Gasteiger partial charge in [-0.2, -0.15) is 0 Å². The van der Waals surface area contributed by atoms with E-state index >= 15 is 0 Å². The Morgan fingerprint density at radius 3 is 1.52 bits per heavy atom. The summed E-state index contributed by atoms with van der Waals surface area (Å²) in [7, 11) is 0. The summed E-state index contributed by atoms with van der Waals surface area (Å²) >= 11 is 0. The van der Waals surface area contributed by atoms with Gasteiger partial charge in [-0.05, 0) is 126 Å². The second kappa shape index (κ2) is 16.6. The van der Waals surface area contributed by atoms with Gasteiger partial charge < -0.3 is 4.90 Å². The second-order valence-electron chi connectivity index (χ2n) is 16.2. The molecule has 1 heteroatoms. The first-order valence-electron chi connectivity index (χ1n) is 28.3. The number of anilines is 3. The Morgan fingerprint density at radius 2 is 0.833 bits per heavy atom. The zero-order chi connectivity index (χ0) is 55.2. The summed E-state index contributed by atoms with van der Waals surface area (Å²) < 4.78 is 118. The zero-order valence-corrected chi connectivity index (χ0v) is 35.4. The van der Waals surface area contributed by atoms with Gasteiger partial charge in [0.2, 0.25) is 0 Å². The molecule has 0 bridgehead atoms. The number of rotatable bonds is 9. The summed E-state index contributed by atoms with van der Waals surface area (Å²) in [5, 5.41) is 2.28. The van der Waals surface area contributed by atoms with E-state index in [1.807, 2.05) is 109 Å². The fourth-order valence-electron chi connectivity index (χ4n) is 9.58. The smallest absolute Gasteiger partial charge is 0.0714 e. The number of benzene rings is 11. The molecule has 0 atom stereocenters. The van der Waals surface area contributed by atoms with Crippen molar-refractivity contribution < 1.29 is 17.8 Å². The predicted octanol–water partition coefficient (Wildman–Crippen LogP) is 17.3. The number of fused-ring (bicyclic) bond motifs is 4. The SMILES string of the molecule is [2H]c1c([2H])c([2H])c(-c2c([2H])c([2H])c(-c3c([2H])c([2H])c(N(c4ccc(-c5cccc(-c6ccc7ccccc7c6)c5)cc4)c4cccc5c4-c4ccccc4C5(c4ccccc4)c4ccccc4)c([2H])c3[2H])c([2H])c2[2H])c([2H])c1[2H]. The van der Waals surface area contributed by atoms with Gasteiger partial charge in [0.15, 0.2) is 0 Å². The molecule has 11 aromatic carbocycles. The van der Waals surface area contributed by atoms with Crippen LogP contribution in [0.1, 0.15) is 40.1 Å². The maximum Gasteiger partial charge on any atom is 0.0714 e. The number of nitrogens with zero attached hydrogens (tertiary/aromatic N) is 1. The molecule has 0 spiro atoms. The molecule has 1 aliphatic carbocycles. The van der Waals surface area contributed by atoms with Gasteiger partial charge in [0.1, 0.15) is 0 Å². The third kappa shape index (κ3) is 6.73. The van der Waals surface area contributed by atoms with Crippen LogP contribution in [0.4, 0.5) is 17.1 Å². The van der Waals surface area contributed by atoms with Crippen molar-refractivity contribution in [1.82, 2.24) is 0 Å². The molecular weight excluding hydrogens is 795 g/mol. The largest absolute Gasteiger partial charge is 0.310 e. The van der Waals surface area contributed by atoms with Crippen LogP contribution in [0, 0.1) is 0 Å². The van der Waals surface area contributed by atoms with Gasteiger partial charge in [0, 0.05) is 16.9 Å². The van der Waals surface area contributed by atoms with Crippen LogP contribution in [0.5, 0.6) is 0 Å². The average molecular weight is 853 g/mol. The maximum atomic E-state index is 9.96. The minimum Gasteiger partial charge on any atom is -0.310 e. The lowest BCUT2D eigenvalue weighted by Crippen LogP contribution is -2.28.